The minimum absolute atomic E-state index is 0.137. The number of thioether (sulfide) groups is 1. The Labute approximate surface area is 158 Å². The molecule has 0 saturated heterocycles. The molecule has 6 nitrogen and oxygen atoms in total. The SMILES string of the molecule is CC1=C(C(=O)Nc2ccc(C(=O)NCCCOC(C)C)cc2)SCCO1. The average molecular weight is 378 g/mol. The molecule has 1 aliphatic rings. The number of allylic oxidation sites excluding steroid dienone is 1. The zero-order chi connectivity index (χ0) is 18.9. The Morgan fingerprint density at radius 3 is 2.62 bits per heavy atom. The zero-order valence-electron chi connectivity index (χ0n) is 15.5. The highest BCUT2D eigenvalue weighted by molar-refractivity contribution is 8.04. The van der Waals surface area contributed by atoms with Crippen LogP contribution in [0, 0.1) is 0 Å². The van der Waals surface area contributed by atoms with Crippen LogP contribution in [0.5, 0.6) is 0 Å². The number of carbonyl (C=O) groups is 2. The summed E-state index contributed by atoms with van der Waals surface area (Å²) in [5.74, 6) is 1.09. The second-order valence-electron chi connectivity index (χ2n) is 6.14. The summed E-state index contributed by atoms with van der Waals surface area (Å²) in [6, 6.07) is 6.83. The highest BCUT2D eigenvalue weighted by Crippen LogP contribution is 2.26. The van der Waals surface area contributed by atoms with Crippen LogP contribution in [0.1, 0.15) is 37.6 Å². The van der Waals surface area contributed by atoms with Gasteiger partial charge in [-0.25, -0.2) is 0 Å². The fourth-order valence-electron chi connectivity index (χ4n) is 2.32. The maximum Gasteiger partial charge on any atom is 0.265 e. The van der Waals surface area contributed by atoms with E-state index in [0.29, 0.717) is 41.7 Å². The molecule has 2 rings (SSSR count). The van der Waals surface area contributed by atoms with Crippen LogP contribution in [0.25, 0.3) is 0 Å². The van der Waals surface area contributed by atoms with E-state index in [-0.39, 0.29) is 17.9 Å². The minimum Gasteiger partial charge on any atom is -0.496 e. The van der Waals surface area contributed by atoms with Gasteiger partial charge in [0.15, 0.2) is 0 Å². The lowest BCUT2D eigenvalue weighted by Gasteiger charge is -2.17. The zero-order valence-corrected chi connectivity index (χ0v) is 16.3. The summed E-state index contributed by atoms with van der Waals surface area (Å²) in [4.78, 5) is 25.0. The normalized spacial score (nSPS) is 14.2. The molecule has 1 aromatic carbocycles. The van der Waals surface area contributed by atoms with E-state index < -0.39 is 0 Å². The lowest BCUT2D eigenvalue weighted by molar-refractivity contribution is -0.112. The van der Waals surface area contributed by atoms with Crippen molar-refractivity contribution in [3.63, 3.8) is 0 Å². The van der Waals surface area contributed by atoms with E-state index in [1.165, 1.54) is 11.8 Å². The summed E-state index contributed by atoms with van der Waals surface area (Å²) >= 11 is 1.49. The Hall–Kier alpha value is -1.99. The molecular weight excluding hydrogens is 352 g/mol. The molecule has 0 radical (unpaired) electrons. The van der Waals surface area contributed by atoms with E-state index in [4.69, 9.17) is 9.47 Å². The van der Waals surface area contributed by atoms with Gasteiger partial charge in [0.05, 0.1) is 12.7 Å². The van der Waals surface area contributed by atoms with Gasteiger partial charge in [0, 0.05) is 30.2 Å². The monoisotopic (exact) mass is 378 g/mol. The Bertz CT molecular complexity index is 656. The van der Waals surface area contributed by atoms with E-state index in [9.17, 15) is 9.59 Å². The van der Waals surface area contributed by atoms with Crippen molar-refractivity contribution in [1.82, 2.24) is 5.32 Å². The molecule has 26 heavy (non-hydrogen) atoms. The van der Waals surface area contributed by atoms with Crippen molar-refractivity contribution in [1.29, 1.82) is 0 Å². The number of benzene rings is 1. The number of nitrogens with one attached hydrogen (secondary N) is 2. The number of carbonyl (C=O) groups excluding carboxylic acids is 2. The Kier molecular flexibility index (Phi) is 8.00. The summed E-state index contributed by atoms with van der Waals surface area (Å²) in [7, 11) is 0. The number of amides is 2. The van der Waals surface area contributed by atoms with Crippen molar-refractivity contribution in [2.24, 2.45) is 0 Å². The molecule has 0 spiro atoms. The van der Waals surface area contributed by atoms with Crippen molar-refractivity contribution < 1.29 is 19.1 Å². The van der Waals surface area contributed by atoms with Gasteiger partial charge in [-0.1, -0.05) is 0 Å². The molecule has 0 aromatic heterocycles. The lowest BCUT2D eigenvalue weighted by Crippen LogP contribution is -2.25. The third-order valence-corrected chi connectivity index (χ3v) is 4.77. The number of anilines is 1. The van der Waals surface area contributed by atoms with Crippen LogP contribution in [-0.4, -0.2) is 43.4 Å². The van der Waals surface area contributed by atoms with Crippen molar-refractivity contribution in [2.45, 2.75) is 33.3 Å². The lowest BCUT2D eigenvalue weighted by atomic mass is 10.2. The summed E-state index contributed by atoms with van der Waals surface area (Å²) < 4.78 is 10.8. The third-order valence-electron chi connectivity index (χ3n) is 3.64. The fraction of sp³-hybridized carbons (Fsp3) is 0.474. The minimum atomic E-state index is -0.186. The van der Waals surface area contributed by atoms with Crippen molar-refractivity contribution in [3.05, 3.63) is 40.5 Å². The largest absolute Gasteiger partial charge is 0.496 e. The number of hydrogen-bond acceptors (Lipinski definition) is 5. The molecule has 2 amide bonds. The summed E-state index contributed by atoms with van der Waals surface area (Å²) in [6.45, 7) is 7.57. The topological polar surface area (TPSA) is 76.7 Å². The standard InChI is InChI=1S/C19H26N2O4S/c1-13(2)24-10-4-9-20-18(22)15-5-7-16(8-6-15)21-19(23)17-14(3)25-11-12-26-17/h5-8,13H,4,9-12H2,1-3H3,(H,20,22)(H,21,23). The molecule has 1 heterocycles. The molecule has 0 fully saturated rings. The molecule has 0 atom stereocenters. The van der Waals surface area contributed by atoms with Gasteiger partial charge in [-0.3, -0.25) is 9.59 Å². The Balaban J connectivity index is 1.82. The molecule has 0 bridgehead atoms. The highest BCUT2D eigenvalue weighted by atomic mass is 32.2. The highest BCUT2D eigenvalue weighted by Gasteiger charge is 2.18. The van der Waals surface area contributed by atoms with Gasteiger partial charge in [-0.15, -0.1) is 11.8 Å². The molecule has 7 heteroatoms. The van der Waals surface area contributed by atoms with Crippen LogP contribution < -0.4 is 10.6 Å². The fourth-order valence-corrected chi connectivity index (χ4v) is 3.13. The molecule has 2 N–H and O–H groups in total. The van der Waals surface area contributed by atoms with Crippen molar-refractivity contribution in [2.75, 3.05) is 30.8 Å². The second kappa shape index (κ2) is 10.2. The number of hydrogen-bond donors (Lipinski definition) is 2. The van der Waals surface area contributed by atoms with Crippen LogP contribution in [0.2, 0.25) is 0 Å². The predicted octanol–water partition coefficient (Wildman–Crippen LogP) is 3.16. The molecule has 0 saturated carbocycles. The van der Waals surface area contributed by atoms with E-state index >= 15 is 0 Å². The molecule has 142 valence electrons. The first-order valence-corrected chi connectivity index (χ1v) is 9.73. The first-order valence-electron chi connectivity index (χ1n) is 8.75. The van der Waals surface area contributed by atoms with E-state index in [1.54, 1.807) is 31.2 Å². The van der Waals surface area contributed by atoms with Crippen LogP contribution >= 0.6 is 11.8 Å². The summed E-state index contributed by atoms with van der Waals surface area (Å²) in [6.07, 6.45) is 0.971. The van der Waals surface area contributed by atoms with Gasteiger partial charge in [0.25, 0.3) is 11.8 Å². The van der Waals surface area contributed by atoms with E-state index in [1.807, 2.05) is 13.8 Å². The molecule has 1 aromatic rings. The Morgan fingerprint density at radius 1 is 1.23 bits per heavy atom. The van der Waals surface area contributed by atoms with Crippen LogP contribution in [0.4, 0.5) is 5.69 Å². The molecular formula is C19H26N2O4S. The smallest absolute Gasteiger partial charge is 0.265 e. The van der Waals surface area contributed by atoms with Gasteiger partial charge < -0.3 is 20.1 Å². The van der Waals surface area contributed by atoms with Crippen molar-refractivity contribution >= 4 is 29.3 Å². The number of rotatable bonds is 8. The van der Waals surface area contributed by atoms with E-state index in [2.05, 4.69) is 10.6 Å². The van der Waals surface area contributed by atoms with Gasteiger partial charge >= 0.3 is 0 Å². The van der Waals surface area contributed by atoms with Gasteiger partial charge in [-0.2, -0.15) is 0 Å². The van der Waals surface area contributed by atoms with Crippen molar-refractivity contribution in [3.8, 4) is 0 Å². The molecule has 0 aliphatic carbocycles. The molecule has 1 aliphatic heterocycles. The second-order valence-corrected chi connectivity index (χ2v) is 7.25. The van der Waals surface area contributed by atoms with Crippen LogP contribution in [0.3, 0.4) is 0 Å². The quantitative estimate of drug-likeness (QED) is 0.680. The van der Waals surface area contributed by atoms with Crippen LogP contribution in [0.15, 0.2) is 34.9 Å². The van der Waals surface area contributed by atoms with Crippen LogP contribution in [-0.2, 0) is 14.3 Å². The summed E-state index contributed by atoms with van der Waals surface area (Å²) in [5, 5.41) is 5.69. The van der Waals surface area contributed by atoms with Gasteiger partial charge in [0.1, 0.15) is 10.7 Å². The van der Waals surface area contributed by atoms with Gasteiger partial charge in [0.2, 0.25) is 0 Å². The first-order chi connectivity index (χ1) is 12.5. The molecule has 0 unspecified atom stereocenters. The Morgan fingerprint density at radius 2 is 1.96 bits per heavy atom. The van der Waals surface area contributed by atoms with Gasteiger partial charge in [-0.05, 0) is 51.5 Å². The maximum atomic E-state index is 12.3. The average Bonchev–Trinajstić information content (AvgIpc) is 2.62. The van der Waals surface area contributed by atoms with E-state index in [0.717, 1.165) is 12.2 Å². The maximum absolute atomic E-state index is 12.3. The number of ether oxygens (including phenoxy) is 2. The summed E-state index contributed by atoms with van der Waals surface area (Å²) in [5.41, 5.74) is 1.20. The predicted molar refractivity (Wildman–Crippen MR) is 104 cm³/mol. The third kappa shape index (κ3) is 6.38. The first kappa shape index (κ1) is 20.3.